The maximum atomic E-state index is 13.6. The summed E-state index contributed by atoms with van der Waals surface area (Å²) in [5.41, 5.74) is 4.08. The molecule has 0 bridgehead atoms. The number of cyclic esters (lactones) is 1. The molecule has 7 heteroatoms. The number of hydrogen-bond acceptors (Lipinski definition) is 5. The smallest absolute Gasteiger partial charge is 0.309 e. The van der Waals surface area contributed by atoms with E-state index in [4.69, 9.17) is 4.74 Å². The molecule has 0 aliphatic carbocycles. The van der Waals surface area contributed by atoms with Crippen molar-refractivity contribution in [1.82, 2.24) is 10.2 Å². The number of carbonyl (C=O) groups is 3. The number of aliphatic hydroxyl groups is 1. The quantitative estimate of drug-likeness (QED) is 0.318. The van der Waals surface area contributed by atoms with Crippen LogP contribution in [-0.2, 0) is 38.5 Å². The van der Waals surface area contributed by atoms with Gasteiger partial charge in [-0.1, -0.05) is 97.1 Å². The fourth-order valence-electron chi connectivity index (χ4n) is 6.00. The Morgan fingerprint density at radius 1 is 0.884 bits per heavy atom. The summed E-state index contributed by atoms with van der Waals surface area (Å²) in [6, 6.07) is 27.0. The predicted molar refractivity (Wildman–Crippen MR) is 165 cm³/mol. The molecule has 0 unspecified atom stereocenters. The number of nitrogens with zero attached hydrogens (tertiary/aromatic N) is 1. The van der Waals surface area contributed by atoms with Crippen LogP contribution < -0.4 is 5.32 Å². The lowest BCUT2D eigenvalue weighted by molar-refractivity contribution is -0.155. The van der Waals surface area contributed by atoms with Crippen molar-refractivity contribution in [2.24, 2.45) is 11.8 Å². The number of allylic oxidation sites excluding steroid dienone is 2. The topological polar surface area (TPSA) is 95.9 Å². The van der Waals surface area contributed by atoms with E-state index >= 15 is 0 Å². The van der Waals surface area contributed by atoms with E-state index in [2.05, 4.69) is 5.32 Å². The molecular formula is C36H40N2O5. The zero-order chi connectivity index (χ0) is 30.0. The molecular weight excluding hydrogens is 540 g/mol. The fraction of sp³-hybridized carbons (Fsp3) is 0.361. The van der Waals surface area contributed by atoms with Gasteiger partial charge in [-0.3, -0.25) is 14.4 Å². The fourth-order valence-corrected chi connectivity index (χ4v) is 6.00. The average molecular weight is 581 g/mol. The number of benzene rings is 3. The van der Waals surface area contributed by atoms with Crippen LogP contribution in [0.3, 0.4) is 0 Å². The average Bonchev–Trinajstić information content (AvgIpc) is 3.05. The van der Waals surface area contributed by atoms with Gasteiger partial charge in [0.2, 0.25) is 11.8 Å². The number of amides is 2. The van der Waals surface area contributed by atoms with Crippen LogP contribution in [0, 0.1) is 11.8 Å². The first kappa shape index (κ1) is 30.2. The Bertz CT molecular complexity index is 1410. The summed E-state index contributed by atoms with van der Waals surface area (Å²) in [7, 11) is 0. The summed E-state index contributed by atoms with van der Waals surface area (Å²) in [4.78, 5) is 42.3. The molecule has 0 spiro atoms. The molecule has 4 atom stereocenters. The molecule has 3 aromatic rings. The maximum absolute atomic E-state index is 13.6. The lowest BCUT2D eigenvalue weighted by atomic mass is 9.92. The highest BCUT2D eigenvalue weighted by Crippen LogP contribution is 2.27. The molecule has 0 aromatic heterocycles. The van der Waals surface area contributed by atoms with E-state index in [0.29, 0.717) is 38.6 Å². The Morgan fingerprint density at radius 3 is 2.33 bits per heavy atom. The standard InChI is InChI=1S/C36H40N2O5/c39-25-32-21-28-16-10-11-19-31(28)24-38(32)34(40)22-29-17-8-3-9-18-30(20-26-12-4-1-5-13-26)36(42)43-33(23-37-35(29)41)27-14-6-2-7-15-27/h1-8,10-16,19,29-30,32-33,39H,9,17-18,20-25H2,(H,37,41)/t29-,30-,32+,33-/m1/s1. The molecule has 0 saturated heterocycles. The Kier molecular flexibility index (Phi) is 10.4. The number of hydrogen-bond donors (Lipinski definition) is 2. The highest BCUT2D eigenvalue weighted by molar-refractivity contribution is 5.86. The lowest BCUT2D eigenvalue weighted by Gasteiger charge is -2.36. The number of aliphatic hydroxyl groups excluding tert-OH is 1. The van der Waals surface area contributed by atoms with Crippen molar-refractivity contribution in [3.8, 4) is 0 Å². The van der Waals surface area contributed by atoms with Crippen molar-refractivity contribution >= 4 is 17.8 Å². The maximum Gasteiger partial charge on any atom is 0.309 e. The number of rotatable bonds is 6. The summed E-state index contributed by atoms with van der Waals surface area (Å²) in [5, 5.41) is 13.1. The molecule has 2 N–H and O–H groups in total. The van der Waals surface area contributed by atoms with E-state index in [9.17, 15) is 19.5 Å². The molecule has 0 saturated carbocycles. The molecule has 0 fully saturated rings. The summed E-state index contributed by atoms with van der Waals surface area (Å²) in [6.45, 7) is 0.391. The Labute approximate surface area is 253 Å². The van der Waals surface area contributed by atoms with Gasteiger partial charge in [-0.2, -0.15) is 0 Å². The van der Waals surface area contributed by atoms with E-state index in [1.54, 1.807) is 4.90 Å². The SMILES string of the molecule is O=C1NC[C@H](c2ccccc2)OC(=O)[C@@H](Cc2ccccc2)CCC=CC[C@@H]1CC(=O)N1Cc2ccccc2C[C@H]1CO. The van der Waals surface area contributed by atoms with Gasteiger partial charge in [0, 0.05) is 13.0 Å². The van der Waals surface area contributed by atoms with Gasteiger partial charge >= 0.3 is 5.97 Å². The first-order valence-corrected chi connectivity index (χ1v) is 15.2. The van der Waals surface area contributed by atoms with Crippen LogP contribution in [0.5, 0.6) is 0 Å². The van der Waals surface area contributed by atoms with E-state index in [-0.39, 0.29) is 49.3 Å². The molecule has 2 heterocycles. The second-order valence-corrected chi connectivity index (χ2v) is 11.5. The van der Waals surface area contributed by atoms with Crippen LogP contribution in [0.4, 0.5) is 0 Å². The van der Waals surface area contributed by atoms with Crippen molar-refractivity contribution in [3.63, 3.8) is 0 Å². The van der Waals surface area contributed by atoms with Gasteiger partial charge in [-0.25, -0.2) is 0 Å². The molecule has 2 aliphatic rings. The van der Waals surface area contributed by atoms with Crippen LogP contribution in [-0.4, -0.2) is 47.0 Å². The molecule has 5 rings (SSSR count). The van der Waals surface area contributed by atoms with Crippen molar-refractivity contribution in [1.29, 1.82) is 0 Å². The zero-order valence-electron chi connectivity index (χ0n) is 24.4. The highest BCUT2D eigenvalue weighted by Gasteiger charge is 2.32. The lowest BCUT2D eigenvalue weighted by Crippen LogP contribution is -2.47. The molecule has 224 valence electrons. The van der Waals surface area contributed by atoms with E-state index < -0.39 is 12.0 Å². The first-order chi connectivity index (χ1) is 21.0. The summed E-state index contributed by atoms with van der Waals surface area (Å²) in [6.07, 6.45) is 6.15. The van der Waals surface area contributed by atoms with Crippen molar-refractivity contribution < 1.29 is 24.2 Å². The second-order valence-electron chi connectivity index (χ2n) is 11.5. The normalized spacial score (nSPS) is 23.1. The Hall–Kier alpha value is -4.23. The van der Waals surface area contributed by atoms with Crippen molar-refractivity contribution in [2.45, 2.75) is 57.2 Å². The van der Waals surface area contributed by atoms with Crippen molar-refractivity contribution in [3.05, 3.63) is 119 Å². The third kappa shape index (κ3) is 7.99. The Balaban J connectivity index is 1.34. The number of esters is 1. The number of nitrogens with one attached hydrogen (secondary N) is 1. The number of fused-ring (bicyclic) bond motifs is 1. The number of carbonyl (C=O) groups excluding carboxylic acids is 3. The van der Waals surface area contributed by atoms with Crippen molar-refractivity contribution in [2.75, 3.05) is 13.2 Å². The largest absolute Gasteiger partial charge is 0.455 e. The molecule has 3 aromatic carbocycles. The molecule has 2 aliphatic heterocycles. The zero-order valence-corrected chi connectivity index (χ0v) is 24.4. The highest BCUT2D eigenvalue weighted by atomic mass is 16.5. The third-order valence-electron chi connectivity index (χ3n) is 8.50. The van der Waals surface area contributed by atoms with Gasteiger partial charge in [-0.15, -0.1) is 0 Å². The third-order valence-corrected chi connectivity index (χ3v) is 8.50. The van der Waals surface area contributed by atoms with E-state index in [1.807, 2.05) is 97.1 Å². The summed E-state index contributed by atoms with van der Waals surface area (Å²) >= 11 is 0. The molecule has 7 nitrogen and oxygen atoms in total. The summed E-state index contributed by atoms with van der Waals surface area (Å²) in [5.74, 6) is -1.61. The van der Waals surface area contributed by atoms with Gasteiger partial charge in [0.05, 0.1) is 31.0 Å². The van der Waals surface area contributed by atoms with E-state index in [1.165, 1.54) is 0 Å². The van der Waals surface area contributed by atoms with Crippen LogP contribution >= 0.6 is 0 Å². The molecule has 0 radical (unpaired) electrons. The van der Waals surface area contributed by atoms with Gasteiger partial charge in [0.15, 0.2) is 0 Å². The minimum absolute atomic E-state index is 0.0290. The second kappa shape index (κ2) is 14.8. The molecule has 2 amide bonds. The predicted octanol–water partition coefficient (Wildman–Crippen LogP) is 4.94. The minimum Gasteiger partial charge on any atom is -0.455 e. The Morgan fingerprint density at radius 2 is 1.58 bits per heavy atom. The number of ether oxygens (including phenoxy) is 1. The van der Waals surface area contributed by atoms with E-state index in [0.717, 1.165) is 22.3 Å². The van der Waals surface area contributed by atoms with Gasteiger partial charge in [0.25, 0.3) is 0 Å². The van der Waals surface area contributed by atoms with Gasteiger partial charge < -0.3 is 20.1 Å². The monoisotopic (exact) mass is 580 g/mol. The van der Waals surface area contributed by atoms with Gasteiger partial charge in [-0.05, 0) is 54.4 Å². The van der Waals surface area contributed by atoms with Crippen LogP contribution in [0.25, 0.3) is 0 Å². The van der Waals surface area contributed by atoms with Gasteiger partial charge in [0.1, 0.15) is 6.10 Å². The minimum atomic E-state index is -0.654. The van der Waals surface area contributed by atoms with Crippen LogP contribution in [0.15, 0.2) is 97.1 Å². The first-order valence-electron chi connectivity index (χ1n) is 15.2. The van der Waals surface area contributed by atoms with Crippen LogP contribution in [0.2, 0.25) is 0 Å². The molecule has 43 heavy (non-hydrogen) atoms. The van der Waals surface area contributed by atoms with Crippen LogP contribution in [0.1, 0.15) is 54.0 Å². The summed E-state index contributed by atoms with van der Waals surface area (Å²) < 4.78 is 6.08.